The van der Waals surface area contributed by atoms with E-state index in [1.54, 1.807) is 0 Å². The van der Waals surface area contributed by atoms with Gasteiger partial charge in [-0.05, 0) is 29.3 Å². The Kier molecular flexibility index (Phi) is 4.69. The van der Waals surface area contributed by atoms with Gasteiger partial charge in [0.2, 0.25) is 0 Å². The molecule has 0 unspecified atom stereocenters. The van der Waals surface area contributed by atoms with Crippen LogP contribution in [0, 0.1) is 6.92 Å². The molecule has 1 aromatic heterocycles. The Hall–Kier alpha value is -1.51. The van der Waals surface area contributed by atoms with Crippen molar-refractivity contribution in [2.45, 2.75) is 19.3 Å². The Morgan fingerprint density at radius 2 is 1.85 bits per heavy atom. The number of hydrogen-bond acceptors (Lipinski definition) is 1. The molecule has 0 aliphatic heterocycles. The normalized spacial score (nSPS) is 10.5. The zero-order chi connectivity index (χ0) is 13.2. The van der Waals surface area contributed by atoms with Crippen LogP contribution in [0.1, 0.15) is 17.0 Å². The fourth-order valence-electron chi connectivity index (χ4n) is 2.35. The molecule has 0 saturated carbocycles. The van der Waals surface area contributed by atoms with Gasteiger partial charge in [0.25, 0.3) is 0 Å². The van der Waals surface area contributed by atoms with E-state index >= 15 is 0 Å². The van der Waals surface area contributed by atoms with Crippen LogP contribution in [-0.4, -0.2) is 9.55 Å². The number of aromatic nitrogens is 2. The molecule has 0 aliphatic rings. The molecular weight excluding hydrogens is 291 g/mol. The van der Waals surface area contributed by atoms with Crippen molar-refractivity contribution in [1.29, 1.82) is 0 Å². The lowest BCUT2D eigenvalue weighted by Crippen LogP contribution is -2.02. The molecule has 0 spiro atoms. The third-order valence-electron chi connectivity index (χ3n) is 3.45. The summed E-state index contributed by atoms with van der Waals surface area (Å²) < 4.78 is 2.12. The third-order valence-corrected chi connectivity index (χ3v) is 3.70. The molecule has 0 atom stereocenters. The van der Waals surface area contributed by atoms with E-state index in [9.17, 15) is 0 Å². The summed E-state index contributed by atoms with van der Waals surface area (Å²) in [6.07, 6.45) is 1.86. The van der Waals surface area contributed by atoms with Gasteiger partial charge in [-0.3, -0.25) is 0 Å². The SMILES string of the molecule is Cc1ncn(Cc2ccc3ccccc3c2)c1CCl.Cl. The number of rotatable bonds is 3. The van der Waals surface area contributed by atoms with Crippen LogP contribution < -0.4 is 0 Å². The summed E-state index contributed by atoms with van der Waals surface area (Å²) in [5.41, 5.74) is 3.37. The number of alkyl halides is 1. The smallest absolute Gasteiger partial charge is 0.0955 e. The van der Waals surface area contributed by atoms with Crippen molar-refractivity contribution in [3.05, 3.63) is 65.7 Å². The zero-order valence-electron chi connectivity index (χ0n) is 11.2. The maximum atomic E-state index is 5.98. The standard InChI is InChI=1S/C16H15ClN2.ClH/c1-12-16(9-17)19(11-18-12)10-13-6-7-14-4-2-3-5-15(14)8-13;/h2-8,11H,9-10H2,1H3;1H. The first kappa shape index (κ1) is 14.9. The van der Waals surface area contributed by atoms with Crippen LogP contribution in [-0.2, 0) is 12.4 Å². The minimum absolute atomic E-state index is 0. The molecule has 2 nitrogen and oxygen atoms in total. The van der Waals surface area contributed by atoms with Crippen LogP contribution in [0.2, 0.25) is 0 Å². The molecule has 4 heteroatoms. The highest BCUT2D eigenvalue weighted by molar-refractivity contribution is 6.17. The fourth-order valence-corrected chi connectivity index (χ4v) is 2.70. The predicted octanol–water partition coefficient (Wildman–Crippen LogP) is 4.55. The summed E-state index contributed by atoms with van der Waals surface area (Å²) in [7, 11) is 0. The van der Waals surface area contributed by atoms with Crippen molar-refractivity contribution in [2.75, 3.05) is 0 Å². The number of fused-ring (bicyclic) bond motifs is 1. The van der Waals surface area contributed by atoms with Crippen LogP contribution >= 0.6 is 24.0 Å². The van der Waals surface area contributed by atoms with Crippen molar-refractivity contribution in [2.24, 2.45) is 0 Å². The summed E-state index contributed by atoms with van der Waals surface area (Å²) in [6.45, 7) is 2.81. The molecule has 0 fully saturated rings. The summed E-state index contributed by atoms with van der Waals surface area (Å²) >= 11 is 5.98. The summed E-state index contributed by atoms with van der Waals surface area (Å²) in [4.78, 5) is 4.32. The molecule has 0 aliphatic carbocycles. The molecule has 0 N–H and O–H groups in total. The second-order valence-corrected chi connectivity index (χ2v) is 4.99. The van der Waals surface area contributed by atoms with Crippen LogP contribution in [0.5, 0.6) is 0 Å². The highest BCUT2D eigenvalue weighted by atomic mass is 35.5. The van der Waals surface area contributed by atoms with Gasteiger partial charge in [-0.2, -0.15) is 0 Å². The monoisotopic (exact) mass is 306 g/mol. The Morgan fingerprint density at radius 3 is 2.60 bits per heavy atom. The number of halogens is 2. The van der Waals surface area contributed by atoms with E-state index in [1.165, 1.54) is 16.3 Å². The van der Waals surface area contributed by atoms with Gasteiger partial charge in [0, 0.05) is 6.54 Å². The fraction of sp³-hybridized carbons (Fsp3) is 0.188. The third kappa shape index (κ3) is 2.82. The average Bonchev–Trinajstić information content (AvgIpc) is 2.79. The lowest BCUT2D eigenvalue weighted by molar-refractivity contribution is 0.764. The minimum atomic E-state index is 0. The number of nitrogens with zero attached hydrogens (tertiary/aromatic N) is 2. The molecule has 0 radical (unpaired) electrons. The van der Waals surface area contributed by atoms with Crippen LogP contribution in [0.3, 0.4) is 0 Å². The number of aryl methyl sites for hydroxylation is 1. The van der Waals surface area contributed by atoms with E-state index in [0.29, 0.717) is 5.88 Å². The summed E-state index contributed by atoms with van der Waals surface area (Å²) in [6, 6.07) is 14.9. The van der Waals surface area contributed by atoms with Crippen molar-refractivity contribution in [3.8, 4) is 0 Å². The summed E-state index contributed by atoms with van der Waals surface area (Å²) in [5.74, 6) is 0.499. The van der Waals surface area contributed by atoms with Crippen LogP contribution in [0.25, 0.3) is 10.8 Å². The molecule has 3 aromatic rings. The maximum Gasteiger partial charge on any atom is 0.0955 e. The topological polar surface area (TPSA) is 17.8 Å². The highest BCUT2D eigenvalue weighted by Gasteiger charge is 2.06. The largest absolute Gasteiger partial charge is 0.329 e. The number of benzene rings is 2. The van der Waals surface area contributed by atoms with Gasteiger partial charge in [-0.25, -0.2) is 4.98 Å². The lowest BCUT2D eigenvalue weighted by Gasteiger charge is -2.08. The molecular formula is C16H16Cl2N2. The highest BCUT2D eigenvalue weighted by Crippen LogP contribution is 2.18. The quantitative estimate of drug-likeness (QED) is 0.649. The van der Waals surface area contributed by atoms with Crippen LogP contribution in [0.4, 0.5) is 0 Å². The Labute approximate surface area is 129 Å². The van der Waals surface area contributed by atoms with E-state index < -0.39 is 0 Å². The van der Waals surface area contributed by atoms with E-state index in [1.807, 2.05) is 13.3 Å². The van der Waals surface area contributed by atoms with Gasteiger partial charge in [0.05, 0.1) is 23.6 Å². The number of imidazole rings is 1. The minimum Gasteiger partial charge on any atom is -0.329 e. The van der Waals surface area contributed by atoms with Gasteiger partial charge >= 0.3 is 0 Å². The number of hydrogen-bond donors (Lipinski definition) is 0. The molecule has 0 saturated heterocycles. The molecule has 2 aromatic carbocycles. The molecule has 3 rings (SSSR count). The van der Waals surface area contributed by atoms with E-state index in [2.05, 4.69) is 52.0 Å². The van der Waals surface area contributed by atoms with Gasteiger partial charge in [0.15, 0.2) is 0 Å². The van der Waals surface area contributed by atoms with Crippen molar-refractivity contribution >= 4 is 34.8 Å². The Morgan fingerprint density at radius 1 is 1.10 bits per heavy atom. The van der Waals surface area contributed by atoms with E-state index in [-0.39, 0.29) is 12.4 Å². The van der Waals surface area contributed by atoms with E-state index in [4.69, 9.17) is 11.6 Å². The molecule has 1 heterocycles. The first-order chi connectivity index (χ1) is 9.28. The van der Waals surface area contributed by atoms with E-state index in [0.717, 1.165) is 17.9 Å². The second-order valence-electron chi connectivity index (χ2n) is 4.72. The Bertz CT molecular complexity index is 719. The second kappa shape index (κ2) is 6.29. The van der Waals surface area contributed by atoms with Crippen molar-refractivity contribution in [3.63, 3.8) is 0 Å². The molecule has 0 amide bonds. The Balaban J connectivity index is 0.00000147. The van der Waals surface area contributed by atoms with Gasteiger partial charge in [0.1, 0.15) is 0 Å². The van der Waals surface area contributed by atoms with Gasteiger partial charge < -0.3 is 4.57 Å². The molecule has 104 valence electrons. The zero-order valence-corrected chi connectivity index (χ0v) is 12.8. The predicted molar refractivity (Wildman–Crippen MR) is 86.8 cm³/mol. The maximum absolute atomic E-state index is 5.98. The van der Waals surface area contributed by atoms with Crippen molar-refractivity contribution < 1.29 is 0 Å². The molecule has 20 heavy (non-hydrogen) atoms. The van der Waals surface area contributed by atoms with Crippen LogP contribution in [0.15, 0.2) is 48.8 Å². The lowest BCUT2D eigenvalue weighted by atomic mass is 10.1. The average molecular weight is 307 g/mol. The molecule has 0 bridgehead atoms. The van der Waals surface area contributed by atoms with Gasteiger partial charge in [-0.15, -0.1) is 24.0 Å². The summed E-state index contributed by atoms with van der Waals surface area (Å²) in [5, 5.41) is 2.54. The first-order valence-corrected chi connectivity index (χ1v) is 6.85. The first-order valence-electron chi connectivity index (χ1n) is 6.32. The van der Waals surface area contributed by atoms with Gasteiger partial charge in [-0.1, -0.05) is 36.4 Å². The van der Waals surface area contributed by atoms with Crippen molar-refractivity contribution in [1.82, 2.24) is 9.55 Å².